The second-order valence-electron chi connectivity index (χ2n) is 6.59. The molecular weight excluding hydrogens is 292 g/mol. The molecule has 0 bridgehead atoms. The maximum Gasteiger partial charge on any atom is 0.316 e. The Hall–Kier alpha value is -1.88. The van der Waals surface area contributed by atoms with Gasteiger partial charge in [-0.2, -0.15) is 0 Å². The van der Waals surface area contributed by atoms with Gasteiger partial charge in [-0.1, -0.05) is 25.0 Å². The van der Waals surface area contributed by atoms with Gasteiger partial charge < -0.3 is 15.3 Å². The maximum atomic E-state index is 12.5. The van der Waals surface area contributed by atoms with Crippen LogP contribution in [0.2, 0.25) is 0 Å². The molecule has 5 heteroatoms. The summed E-state index contributed by atoms with van der Waals surface area (Å²) in [6, 6.07) is 5.75. The summed E-state index contributed by atoms with van der Waals surface area (Å²) in [4.78, 5) is 26.5. The Morgan fingerprint density at radius 1 is 1.30 bits per heavy atom. The van der Waals surface area contributed by atoms with Crippen LogP contribution in [0, 0.1) is 12.8 Å². The number of fused-ring (bicyclic) bond motifs is 1. The van der Waals surface area contributed by atoms with Crippen molar-refractivity contribution < 1.29 is 14.7 Å². The molecule has 3 rings (SSSR count). The van der Waals surface area contributed by atoms with Crippen molar-refractivity contribution in [3.05, 3.63) is 29.3 Å². The largest absolute Gasteiger partial charge is 0.396 e. The zero-order chi connectivity index (χ0) is 16.4. The first-order valence-corrected chi connectivity index (χ1v) is 8.43. The Labute approximate surface area is 136 Å². The number of aryl methyl sites for hydroxylation is 1. The van der Waals surface area contributed by atoms with E-state index in [4.69, 9.17) is 0 Å². The molecule has 1 aromatic rings. The summed E-state index contributed by atoms with van der Waals surface area (Å²) in [6.45, 7) is 2.65. The number of carbonyl (C=O) groups excluding carboxylic acids is 2. The van der Waals surface area contributed by atoms with Crippen molar-refractivity contribution in [2.24, 2.45) is 5.92 Å². The highest BCUT2D eigenvalue weighted by atomic mass is 16.3. The number of benzene rings is 1. The van der Waals surface area contributed by atoms with Crippen LogP contribution in [0.4, 0.5) is 5.69 Å². The molecule has 1 fully saturated rings. The molecule has 1 aromatic carbocycles. The van der Waals surface area contributed by atoms with Gasteiger partial charge in [0, 0.05) is 30.8 Å². The Bertz CT molecular complexity index is 614. The third-order valence-electron chi connectivity index (χ3n) is 5.16. The van der Waals surface area contributed by atoms with Gasteiger partial charge in [0.1, 0.15) is 0 Å². The first-order chi connectivity index (χ1) is 11.1. The number of anilines is 1. The minimum Gasteiger partial charge on any atom is -0.396 e. The predicted molar refractivity (Wildman–Crippen MR) is 88.2 cm³/mol. The van der Waals surface area contributed by atoms with Crippen molar-refractivity contribution in [3.63, 3.8) is 0 Å². The maximum absolute atomic E-state index is 12.5. The van der Waals surface area contributed by atoms with E-state index in [0.29, 0.717) is 6.54 Å². The number of nitrogens with one attached hydrogen (secondary N) is 1. The molecule has 1 heterocycles. The van der Waals surface area contributed by atoms with Gasteiger partial charge in [-0.15, -0.1) is 0 Å². The van der Waals surface area contributed by atoms with Crippen LogP contribution in [0.15, 0.2) is 18.2 Å². The van der Waals surface area contributed by atoms with E-state index < -0.39 is 11.8 Å². The second-order valence-corrected chi connectivity index (χ2v) is 6.59. The molecule has 23 heavy (non-hydrogen) atoms. The topological polar surface area (TPSA) is 69.6 Å². The highest BCUT2D eigenvalue weighted by Crippen LogP contribution is 2.30. The lowest BCUT2D eigenvalue weighted by Crippen LogP contribution is -2.50. The molecule has 2 aliphatic rings. The summed E-state index contributed by atoms with van der Waals surface area (Å²) >= 11 is 0. The van der Waals surface area contributed by atoms with Gasteiger partial charge in [0.25, 0.3) is 0 Å². The molecule has 2 N–H and O–H groups in total. The molecule has 0 saturated heterocycles. The van der Waals surface area contributed by atoms with Crippen molar-refractivity contribution >= 4 is 17.5 Å². The van der Waals surface area contributed by atoms with Crippen LogP contribution in [0.3, 0.4) is 0 Å². The molecule has 5 nitrogen and oxygen atoms in total. The van der Waals surface area contributed by atoms with Crippen molar-refractivity contribution in [2.75, 3.05) is 18.1 Å². The van der Waals surface area contributed by atoms with E-state index in [1.165, 1.54) is 0 Å². The average Bonchev–Trinajstić information content (AvgIpc) is 3.00. The average molecular weight is 316 g/mol. The lowest BCUT2D eigenvalue weighted by Gasteiger charge is -2.31. The number of hydrogen-bond acceptors (Lipinski definition) is 3. The normalized spacial score (nSPS) is 23.5. The highest BCUT2D eigenvalue weighted by molar-refractivity contribution is 6.40. The van der Waals surface area contributed by atoms with Crippen LogP contribution in [0.1, 0.15) is 36.8 Å². The van der Waals surface area contributed by atoms with Gasteiger partial charge >= 0.3 is 11.8 Å². The zero-order valence-electron chi connectivity index (χ0n) is 13.5. The third kappa shape index (κ3) is 3.11. The van der Waals surface area contributed by atoms with Gasteiger partial charge in [-0.25, -0.2) is 0 Å². The van der Waals surface area contributed by atoms with E-state index in [2.05, 4.69) is 5.32 Å². The first kappa shape index (κ1) is 16.0. The SMILES string of the molecule is Cc1cccc2c1CCN2C(=O)C(=O)NC1CCCCC1CO. The van der Waals surface area contributed by atoms with E-state index >= 15 is 0 Å². The predicted octanol–water partition coefficient (Wildman–Crippen LogP) is 1.55. The lowest BCUT2D eigenvalue weighted by atomic mass is 9.85. The quantitative estimate of drug-likeness (QED) is 0.813. The van der Waals surface area contributed by atoms with Crippen molar-refractivity contribution in [3.8, 4) is 0 Å². The van der Waals surface area contributed by atoms with E-state index in [1.807, 2.05) is 25.1 Å². The Morgan fingerprint density at radius 2 is 2.09 bits per heavy atom. The first-order valence-electron chi connectivity index (χ1n) is 8.43. The molecule has 124 valence electrons. The van der Waals surface area contributed by atoms with Crippen LogP contribution in [-0.2, 0) is 16.0 Å². The van der Waals surface area contributed by atoms with Crippen molar-refractivity contribution in [1.29, 1.82) is 0 Å². The highest BCUT2D eigenvalue weighted by Gasteiger charge is 2.33. The van der Waals surface area contributed by atoms with Crippen molar-refractivity contribution in [1.82, 2.24) is 5.32 Å². The minimum atomic E-state index is -0.551. The molecular formula is C18H24N2O3. The summed E-state index contributed by atoms with van der Waals surface area (Å²) in [5.74, 6) is -0.977. The molecule has 1 saturated carbocycles. The number of aliphatic hydroxyl groups is 1. The van der Waals surface area contributed by atoms with Gasteiger partial charge in [-0.05, 0) is 43.4 Å². The lowest BCUT2D eigenvalue weighted by molar-refractivity contribution is -0.138. The number of amides is 2. The van der Waals surface area contributed by atoms with Crippen LogP contribution in [0.25, 0.3) is 0 Å². The summed E-state index contributed by atoms with van der Waals surface area (Å²) in [6.07, 6.45) is 4.64. The third-order valence-corrected chi connectivity index (χ3v) is 5.16. The molecule has 2 atom stereocenters. The van der Waals surface area contributed by atoms with E-state index in [1.54, 1.807) is 4.90 Å². The fraction of sp³-hybridized carbons (Fsp3) is 0.556. The molecule has 0 spiro atoms. The summed E-state index contributed by atoms with van der Waals surface area (Å²) in [7, 11) is 0. The van der Waals surface area contributed by atoms with Crippen LogP contribution in [-0.4, -0.2) is 36.1 Å². The van der Waals surface area contributed by atoms with Crippen LogP contribution < -0.4 is 10.2 Å². The smallest absolute Gasteiger partial charge is 0.316 e. The van der Waals surface area contributed by atoms with Crippen LogP contribution in [0.5, 0.6) is 0 Å². The van der Waals surface area contributed by atoms with Gasteiger partial charge in [0.15, 0.2) is 0 Å². The number of rotatable bonds is 2. The number of nitrogens with zero attached hydrogens (tertiary/aromatic N) is 1. The summed E-state index contributed by atoms with van der Waals surface area (Å²) in [5, 5.41) is 12.3. The second kappa shape index (κ2) is 6.71. The van der Waals surface area contributed by atoms with Crippen LogP contribution >= 0.6 is 0 Å². The van der Waals surface area contributed by atoms with Gasteiger partial charge in [-0.3, -0.25) is 9.59 Å². The summed E-state index contributed by atoms with van der Waals surface area (Å²) in [5.41, 5.74) is 3.16. The number of hydrogen-bond donors (Lipinski definition) is 2. The van der Waals surface area contributed by atoms with Gasteiger partial charge in [0.2, 0.25) is 0 Å². The standard InChI is InChI=1S/C18H24N2O3/c1-12-5-4-8-16-14(12)9-10-20(16)18(23)17(22)19-15-7-3-2-6-13(15)11-21/h4-5,8,13,15,21H,2-3,6-7,9-11H2,1H3,(H,19,22). The Morgan fingerprint density at radius 3 is 2.87 bits per heavy atom. The molecule has 0 radical (unpaired) electrons. The number of aliphatic hydroxyl groups excluding tert-OH is 1. The van der Waals surface area contributed by atoms with Crippen molar-refractivity contribution in [2.45, 2.75) is 45.1 Å². The monoisotopic (exact) mass is 316 g/mol. The zero-order valence-corrected chi connectivity index (χ0v) is 13.5. The summed E-state index contributed by atoms with van der Waals surface area (Å²) < 4.78 is 0. The molecule has 2 amide bonds. The Balaban J connectivity index is 1.69. The Kier molecular flexibility index (Phi) is 4.66. The molecule has 0 aromatic heterocycles. The fourth-order valence-corrected chi connectivity index (χ4v) is 3.79. The number of carbonyl (C=O) groups is 2. The molecule has 2 unspecified atom stereocenters. The minimum absolute atomic E-state index is 0.0604. The van der Waals surface area contributed by atoms with E-state index in [0.717, 1.165) is 48.9 Å². The molecule has 1 aliphatic heterocycles. The molecule has 1 aliphatic carbocycles. The van der Waals surface area contributed by atoms with E-state index in [-0.39, 0.29) is 18.6 Å². The fourth-order valence-electron chi connectivity index (χ4n) is 3.79. The van der Waals surface area contributed by atoms with E-state index in [9.17, 15) is 14.7 Å². The van der Waals surface area contributed by atoms with Gasteiger partial charge in [0.05, 0.1) is 0 Å².